The van der Waals surface area contributed by atoms with Crippen molar-refractivity contribution in [3.63, 3.8) is 0 Å². The van der Waals surface area contributed by atoms with Crippen molar-refractivity contribution < 1.29 is 0 Å². The van der Waals surface area contributed by atoms with Gasteiger partial charge in [0.15, 0.2) is 0 Å². The summed E-state index contributed by atoms with van der Waals surface area (Å²) in [6.45, 7) is 0. The van der Waals surface area contributed by atoms with Crippen LogP contribution in [0.5, 0.6) is 0 Å². The molecule has 0 bridgehead atoms. The molecule has 0 N–H and O–H groups in total. The monoisotopic (exact) mass is 718 g/mol. The zero-order chi connectivity index (χ0) is 35.3. The molecule has 0 radical (unpaired) electrons. The van der Waals surface area contributed by atoms with Gasteiger partial charge in [0, 0.05) is 45.7 Å². The maximum Gasteiger partial charge on any atom is 0.0434 e. The van der Waals surface area contributed by atoms with Crippen molar-refractivity contribution in [1.29, 1.82) is 0 Å². The van der Waals surface area contributed by atoms with E-state index in [0.717, 1.165) is 0 Å². The summed E-state index contributed by atoms with van der Waals surface area (Å²) < 4.78 is 5.40. The Labute approximate surface area is 319 Å². The van der Waals surface area contributed by atoms with E-state index in [0.29, 0.717) is 0 Å². The molecule has 0 fully saturated rings. The van der Waals surface area contributed by atoms with Gasteiger partial charge in [-0.05, 0) is 114 Å². The molecule has 0 saturated carbocycles. The van der Waals surface area contributed by atoms with Crippen LogP contribution in [0.25, 0.3) is 117 Å². The molecule has 2 heterocycles. The Morgan fingerprint density at radius 3 is 1.50 bits per heavy atom. The van der Waals surface area contributed by atoms with Gasteiger partial charge in [-0.2, -0.15) is 0 Å². The van der Waals surface area contributed by atoms with Gasteiger partial charge in [0.2, 0.25) is 0 Å². The largest absolute Gasteiger partial charge is 0.135 e. The first kappa shape index (κ1) is 30.2. The highest BCUT2D eigenvalue weighted by Crippen LogP contribution is 2.47. The molecule has 0 aliphatic rings. The number of fused-ring (bicyclic) bond motifs is 11. The Bertz CT molecular complexity index is 3430. The molecule has 0 unspecified atom stereocenters. The molecule has 12 aromatic rings. The summed E-state index contributed by atoms with van der Waals surface area (Å²) in [4.78, 5) is 0. The van der Waals surface area contributed by atoms with E-state index in [1.807, 2.05) is 22.7 Å². The third-order valence-electron chi connectivity index (χ3n) is 11.4. The van der Waals surface area contributed by atoms with Crippen molar-refractivity contribution in [2.24, 2.45) is 0 Å². The third-order valence-corrected chi connectivity index (χ3v) is 13.8. The molecule has 2 aromatic heterocycles. The third kappa shape index (κ3) is 4.48. The van der Waals surface area contributed by atoms with Gasteiger partial charge in [-0.25, -0.2) is 0 Å². The minimum absolute atomic E-state index is 1.24. The van der Waals surface area contributed by atoms with Crippen LogP contribution in [-0.2, 0) is 0 Å². The van der Waals surface area contributed by atoms with Crippen LogP contribution in [0, 0.1) is 0 Å². The van der Waals surface area contributed by atoms with Crippen molar-refractivity contribution in [1.82, 2.24) is 0 Å². The number of hydrogen-bond donors (Lipinski definition) is 0. The average Bonchev–Trinajstić information content (AvgIpc) is 3.79. The van der Waals surface area contributed by atoms with Crippen molar-refractivity contribution in [3.05, 3.63) is 182 Å². The summed E-state index contributed by atoms with van der Waals surface area (Å²) in [5.41, 5.74) is 7.58. The topological polar surface area (TPSA) is 0 Å². The van der Waals surface area contributed by atoms with Crippen molar-refractivity contribution in [2.45, 2.75) is 0 Å². The van der Waals surface area contributed by atoms with Crippen LogP contribution in [0.3, 0.4) is 0 Å². The maximum atomic E-state index is 2.45. The summed E-state index contributed by atoms with van der Waals surface area (Å²) >= 11 is 3.81. The molecule has 250 valence electrons. The first-order valence-electron chi connectivity index (χ1n) is 18.5. The van der Waals surface area contributed by atoms with Crippen molar-refractivity contribution in [3.8, 4) is 33.4 Å². The number of rotatable bonds is 3. The standard InChI is InChI=1S/C52H30S2/c1-2-10-31(11-3-1)32-18-19-34-27-36(21-20-33(34)26-32)50-39-13-4-6-15-41(39)51(42-16-7-5-14-40(42)50)37-23-25-48-45(28-37)43-24-22-35-29-49-46(30-44(35)52(43)54-48)38-12-8-9-17-47(38)53-49/h1-30H. The van der Waals surface area contributed by atoms with Crippen LogP contribution in [0.15, 0.2) is 182 Å². The van der Waals surface area contributed by atoms with E-state index in [9.17, 15) is 0 Å². The lowest BCUT2D eigenvalue weighted by Gasteiger charge is -2.18. The van der Waals surface area contributed by atoms with Gasteiger partial charge in [-0.1, -0.05) is 140 Å². The highest BCUT2D eigenvalue weighted by molar-refractivity contribution is 7.27. The summed E-state index contributed by atoms with van der Waals surface area (Å²) in [6.07, 6.45) is 0. The lowest BCUT2D eigenvalue weighted by molar-refractivity contribution is 1.64. The second-order valence-electron chi connectivity index (χ2n) is 14.4. The van der Waals surface area contributed by atoms with E-state index in [1.54, 1.807) is 0 Å². The van der Waals surface area contributed by atoms with Gasteiger partial charge in [-0.3, -0.25) is 0 Å². The van der Waals surface area contributed by atoms with Gasteiger partial charge in [0.05, 0.1) is 0 Å². The fourth-order valence-electron chi connectivity index (χ4n) is 8.89. The van der Waals surface area contributed by atoms with Gasteiger partial charge >= 0.3 is 0 Å². The van der Waals surface area contributed by atoms with Crippen LogP contribution in [-0.4, -0.2) is 0 Å². The molecular weight excluding hydrogens is 689 g/mol. The van der Waals surface area contributed by atoms with Gasteiger partial charge < -0.3 is 0 Å². The molecule has 10 aromatic carbocycles. The van der Waals surface area contributed by atoms with E-state index >= 15 is 0 Å². The van der Waals surface area contributed by atoms with E-state index in [-0.39, 0.29) is 0 Å². The molecule has 12 rings (SSSR count). The Kier molecular flexibility index (Phi) is 6.48. The van der Waals surface area contributed by atoms with Crippen LogP contribution < -0.4 is 0 Å². The van der Waals surface area contributed by atoms with Gasteiger partial charge in [-0.15, -0.1) is 22.7 Å². The lowest BCUT2D eigenvalue weighted by Crippen LogP contribution is -1.91. The van der Waals surface area contributed by atoms with Crippen molar-refractivity contribution in [2.75, 3.05) is 0 Å². The van der Waals surface area contributed by atoms with E-state index in [1.165, 1.54) is 117 Å². The Balaban J connectivity index is 1.06. The van der Waals surface area contributed by atoms with Gasteiger partial charge in [0.25, 0.3) is 0 Å². The predicted octanol–water partition coefficient (Wildman–Crippen LogP) is 16.0. The van der Waals surface area contributed by atoms with E-state index < -0.39 is 0 Å². The molecular formula is C52H30S2. The molecule has 54 heavy (non-hydrogen) atoms. The number of hydrogen-bond acceptors (Lipinski definition) is 2. The normalized spacial score (nSPS) is 12.1. The number of thiophene rings is 2. The molecule has 0 nitrogen and oxygen atoms in total. The highest BCUT2D eigenvalue weighted by atomic mass is 32.1. The Morgan fingerprint density at radius 2 is 0.778 bits per heavy atom. The second kappa shape index (κ2) is 11.6. The molecule has 0 saturated heterocycles. The molecule has 0 spiro atoms. The summed E-state index contributed by atoms with van der Waals surface area (Å²) in [5, 5.41) is 15.6. The van der Waals surface area contributed by atoms with Crippen LogP contribution >= 0.6 is 22.7 Å². The summed E-state index contributed by atoms with van der Waals surface area (Å²) in [6, 6.07) is 67.9. The average molecular weight is 719 g/mol. The van der Waals surface area contributed by atoms with Crippen LogP contribution in [0.4, 0.5) is 0 Å². The van der Waals surface area contributed by atoms with E-state index in [2.05, 4.69) is 182 Å². The van der Waals surface area contributed by atoms with Crippen molar-refractivity contribution >= 4 is 106 Å². The Morgan fingerprint density at radius 1 is 0.241 bits per heavy atom. The second-order valence-corrected chi connectivity index (χ2v) is 16.5. The molecule has 0 atom stereocenters. The number of benzene rings is 10. The van der Waals surface area contributed by atoms with E-state index in [4.69, 9.17) is 0 Å². The minimum atomic E-state index is 1.24. The first-order chi connectivity index (χ1) is 26.7. The zero-order valence-corrected chi connectivity index (χ0v) is 30.8. The quantitative estimate of drug-likeness (QED) is 0.160. The predicted molar refractivity (Wildman–Crippen MR) is 239 cm³/mol. The SMILES string of the molecule is c1ccc(-c2ccc3cc(-c4c5ccccc5c(-c5ccc6sc7c8cc9c(cc8ccc7c6c5)sc5ccccc59)c5ccccc45)ccc3c2)cc1. The smallest absolute Gasteiger partial charge is 0.0434 e. The zero-order valence-electron chi connectivity index (χ0n) is 29.1. The Hall–Kier alpha value is -6.32. The molecule has 0 aliphatic carbocycles. The molecule has 0 amide bonds. The van der Waals surface area contributed by atoms with Crippen LogP contribution in [0.1, 0.15) is 0 Å². The minimum Gasteiger partial charge on any atom is -0.135 e. The first-order valence-corrected chi connectivity index (χ1v) is 20.1. The maximum absolute atomic E-state index is 2.45. The fraction of sp³-hybridized carbons (Fsp3) is 0. The summed E-state index contributed by atoms with van der Waals surface area (Å²) in [7, 11) is 0. The fourth-order valence-corrected chi connectivity index (χ4v) is 11.2. The molecule has 0 aliphatic heterocycles. The highest BCUT2D eigenvalue weighted by Gasteiger charge is 2.19. The molecule has 2 heteroatoms. The van der Waals surface area contributed by atoms with Gasteiger partial charge in [0.1, 0.15) is 0 Å². The van der Waals surface area contributed by atoms with Crippen LogP contribution in [0.2, 0.25) is 0 Å². The lowest BCUT2D eigenvalue weighted by atomic mass is 9.85. The summed E-state index contributed by atoms with van der Waals surface area (Å²) in [5.74, 6) is 0.